The van der Waals surface area contributed by atoms with Crippen molar-refractivity contribution < 1.29 is 8.91 Å². The first kappa shape index (κ1) is 11.8. The van der Waals surface area contributed by atoms with Crippen LogP contribution in [0.15, 0.2) is 30.3 Å². The molecule has 2 nitrogen and oxygen atoms in total. The molecule has 0 aromatic heterocycles. The van der Waals surface area contributed by atoms with Gasteiger partial charge in [-0.05, 0) is 13.1 Å². The Morgan fingerprint density at radius 1 is 1.25 bits per heavy atom. The second-order valence-corrected chi connectivity index (χ2v) is 9.88. The predicted octanol–water partition coefficient (Wildman–Crippen LogP) is 2.41. The summed E-state index contributed by atoms with van der Waals surface area (Å²) in [4.78, 5) is 0. The van der Waals surface area contributed by atoms with Gasteiger partial charge in [-0.3, -0.25) is 0 Å². The highest BCUT2D eigenvalue weighted by atomic mass is 28.4. The van der Waals surface area contributed by atoms with Crippen molar-refractivity contribution in [3.05, 3.63) is 35.9 Å². The number of quaternary nitrogens is 1. The fourth-order valence-electron chi connectivity index (χ4n) is 2.75. The molecule has 1 aromatic rings. The topological polar surface area (TPSA) is 9.23 Å². The lowest BCUT2D eigenvalue weighted by Crippen LogP contribution is -2.61. The SMILES string of the molecule is C[N+]1(Cc2ccccc2)CCO[Si](C)(C)C1. The summed E-state index contributed by atoms with van der Waals surface area (Å²) in [6.07, 6.45) is 1.22. The van der Waals surface area contributed by atoms with Gasteiger partial charge in [-0.1, -0.05) is 30.3 Å². The van der Waals surface area contributed by atoms with Gasteiger partial charge in [0, 0.05) is 5.56 Å². The molecule has 1 heterocycles. The van der Waals surface area contributed by atoms with Gasteiger partial charge in [0.05, 0.1) is 19.8 Å². The maximum absolute atomic E-state index is 5.92. The Bertz CT molecular complexity index is 352. The molecule has 1 aliphatic heterocycles. The third kappa shape index (κ3) is 2.94. The highest BCUT2D eigenvalue weighted by Gasteiger charge is 2.39. The van der Waals surface area contributed by atoms with Crippen LogP contribution >= 0.6 is 0 Å². The van der Waals surface area contributed by atoms with Gasteiger partial charge in [-0.15, -0.1) is 0 Å². The highest BCUT2D eigenvalue weighted by molar-refractivity contribution is 6.71. The first-order valence-electron chi connectivity index (χ1n) is 6.01. The Labute approximate surface area is 99.6 Å². The van der Waals surface area contributed by atoms with Crippen LogP contribution in [0.1, 0.15) is 5.56 Å². The van der Waals surface area contributed by atoms with Crippen molar-refractivity contribution in [2.75, 3.05) is 26.4 Å². The third-order valence-corrected chi connectivity index (χ3v) is 5.80. The first-order chi connectivity index (χ1) is 7.49. The molecule has 0 amide bonds. The van der Waals surface area contributed by atoms with E-state index < -0.39 is 8.32 Å². The average Bonchev–Trinajstić information content (AvgIpc) is 2.16. The van der Waals surface area contributed by atoms with E-state index in [9.17, 15) is 0 Å². The van der Waals surface area contributed by atoms with E-state index in [2.05, 4.69) is 50.5 Å². The van der Waals surface area contributed by atoms with Crippen LogP contribution in [0.2, 0.25) is 13.1 Å². The zero-order chi connectivity index (χ0) is 11.6. The molecule has 1 unspecified atom stereocenters. The van der Waals surface area contributed by atoms with Gasteiger partial charge in [-0.2, -0.15) is 0 Å². The van der Waals surface area contributed by atoms with E-state index in [0.29, 0.717) is 0 Å². The average molecular weight is 236 g/mol. The summed E-state index contributed by atoms with van der Waals surface area (Å²) < 4.78 is 7.06. The van der Waals surface area contributed by atoms with Crippen LogP contribution in [-0.4, -0.2) is 39.2 Å². The van der Waals surface area contributed by atoms with Crippen LogP contribution in [0.25, 0.3) is 0 Å². The second-order valence-electron chi connectivity index (χ2n) is 5.75. The van der Waals surface area contributed by atoms with Gasteiger partial charge in [0.1, 0.15) is 13.1 Å². The molecular formula is C13H22NOSi+. The van der Waals surface area contributed by atoms with Crippen LogP contribution in [0.5, 0.6) is 0 Å². The minimum atomic E-state index is -1.41. The standard InChI is InChI=1S/C13H22NOSi/c1-14(9-10-15-16(2,3)12-14)11-13-7-5-4-6-8-13/h4-8H,9-12H2,1-3H3/q+1. The van der Waals surface area contributed by atoms with Gasteiger partial charge in [-0.25, -0.2) is 0 Å². The van der Waals surface area contributed by atoms with Crippen LogP contribution in [0.3, 0.4) is 0 Å². The Morgan fingerprint density at radius 2 is 1.94 bits per heavy atom. The van der Waals surface area contributed by atoms with E-state index in [1.54, 1.807) is 0 Å². The lowest BCUT2D eigenvalue weighted by molar-refractivity contribution is -0.917. The lowest BCUT2D eigenvalue weighted by Gasteiger charge is -2.43. The number of nitrogens with zero attached hydrogens (tertiary/aromatic N) is 1. The van der Waals surface area contributed by atoms with Crippen molar-refractivity contribution in [3.8, 4) is 0 Å². The van der Waals surface area contributed by atoms with Gasteiger partial charge >= 0.3 is 0 Å². The van der Waals surface area contributed by atoms with Crippen LogP contribution in [-0.2, 0) is 11.0 Å². The van der Waals surface area contributed by atoms with Gasteiger partial charge < -0.3 is 8.91 Å². The monoisotopic (exact) mass is 236 g/mol. The van der Waals surface area contributed by atoms with Crippen molar-refractivity contribution >= 4 is 8.32 Å². The normalized spacial score (nSPS) is 28.9. The van der Waals surface area contributed by atoms with Crippen molar-refractivity contribution in [3.63, 3.8) is 0 Å². The Balaban J connectivity index is 2.08. The van der Waals surface area contributed by atoms with Gasteiger partial charge in [0.2, 0.25) is 8.32 Å². The van der Waals surface area contributed by atoms with Crippen LogP contribution < -0.4 is 0 Å². The molecule has 3 heteroatoms. The maximum Gasteiger partial charge on any atom is 0.245 e. The lowest BCUT2D eigenvalue weighted by atomic mass is 10.2. The zero-order valence-corrected chi connectivity index (χ0v) is 11.6. The Hall–Kier alpha value is -0.643. The molecule has 1 aliphatic rings. The molecule has 0 saturated carbocycles. The van der Waals surface area contributed by atoms with Crippen molar-refractivity contribution in [2.24, 2.45) is 0 Å². The molecule has 1 fully saturated rings. The molecule has 16 heavy (non-hydrogen) atoms. The van der Waals surface area contributed by atoms with E-state index in [1.807, 2.05) is 0 Å². The fourth-order valence-corrected chi connectivity index (χ4v) is 5.59. The predicted molar refractivity (Wildman–Crippen MR) is 69.5 cm³/mol. The van der Waals surface area contributed by atoms with E-state index in [0.717, 1.165) is 24.2 Å². The number of benzene rings is 1. The zero-order valence-electron chi connectivity index (χ0n) is 10.6. The number of likely N-dealkylation sites (N-methyl/N-ethyl adjacent to an activating group) is 1. The van der Waals surface area contributed by atoms with E-state index in [-0.39, 0.29) is 0 Å². The molecule has 1 aromatic carbocycles. The second kappa shape index (κ2) is 4.32. The van der Waals surface area contributed by atoms with Crippen molar-refractivity contribution in [1.82, 2.24) is 0 Å². The molecule has 0 N–H and O–H groups in total. The molecule has 0 aliphatic carbocycles. The summed E-state index contributed by atoms with van der Waals surface area (Å²) in [6.45, 7) is 7.87. The molecule has 1 saturated heterocycles. The number of hydrogen-bond acceptors (Lipinski definition) is 1. The van der Waals surface area contributed by atoms with Crippen LogP contribution in [0.4, 0.5) is 0 Å². The van der Waals surface area contributed by atoms with Gasteiger partial charge in [0.25, 0.3) is 0 Å². The Kier molecular flexibility index (Phi) is 3.19. The van der Waals surface area contributed by atoms with Gasteiger partial charge in [0.15, 0.2) is 0 Å². The van der Waals surface area contributed by atoms with E-state index >= 15 is 0 Å². The first-order valence-corrected chi connectivity index (χ1v) is 9.12. The molecule has 2 rings (SSSR count). The summed E-state index contributed by atoms with van der Waals surface area (Å²) >= 11 is 0. The molecule has 0 bridgehead atoms. The minimum Gasteiger partial charge on any atom is -0.405 e. The molecule has 0 spiro atoms. The quantitative estimate of drug-likeness (QED) is 0.566. The molecule has 88 valence electrons. The smallest absolute Gasteiger partial charge is 0.245 e. The molecule has 0 radical (unpaired) electrons. The number of hydrogen-bond donors (Lipinski definition) is 0. The van der Waals surface area contributed by atoms with Crippen LogP contribution in [0, 0.1) is 0 Å². The summed E-state index contributed by atoms with van der Waals surface area (Å²) in [5.41, 5.74) is 1.44. The number of rotatable bonds is 2. The summed E-state index contributed by atoms with van der Waals surface area (Å²) in [5, 5.41) is 0. The molecule has 1 atom stereocenters. The van der Waals surface area contributed by atoms with E-state index in [4.69, 9.17) is 4.43 Å². The molecular weight excluding hydrogens is 214 g/mol. The summed E-state index contributed by atoms with van der Waals surface area (Å²) in [5.74, 6) is 0. The fraction of sp³-hybridized carbons (Fsp3) is 0.538. The third-order valence-electron chi connectivity index (χ3n) is 3.29. The Morgan fingerprint density at radius 3 is 2.56 bits per heavy atom. The summed E-state index contributed by atoms with van der Waals surface area (Å²) in [7, 11) is 0.958. The van der Waals surface area contributed by atoms with E-state index in [1.165, 1.54) is 11.7 Å². The van der Waals surface area contributed by atoms with Crippen molar-refractivity contribution in [1.29, 1.82) is 0 Å². The van der Waals surface area contributed by atoms with Crippen molar-refractivity contribution in [2.45, 2.75) is 19.6 Å². The largest absolute Gasteiger partial charge is 0.405 e. The highest BCUT2D eigenvalue weighted by Crippen LogP contribution is 2.21. The summed E-state index contributed by atoms with van der Waals surface area (Å²) in [6, 6.07) is 10.8. The minimum absolute atomic E-state index is 0.933. The maximum atomic E-state index is 5.92.